The van der Waals surface area contributed by atoms with Crippen LogP contribution in [0.1, 0.15) is 30.1 Å². The molecule has 1 heterocycles. The number of hydrogen-bond donors (Lipinski definition) is 1. The summed E-state index contributed by atoms with van der Waals surface area (Å²) in [7, 11) is -3.80. The zero-order valence-corrected chi connectivity index (χ0v) is 17.3. The Bertz CT molecular complexity index is 1030. The first-order chi connectivity index (χ1) is 13.7. The monoisotopic (exact) mass is 438 g/mol. The van der Waals surface area contributed by atoms with Gasteiger partial charge in [-0.3, -0.25) is 9.59 Å². The van der Waals surface area contributed by atoms with E-state index in [4.69, 9.17) is 11.6 Å². The molecule has 0 radical (unpaired) electrons. The van der Waals surface area contributed by atoms with Gasteiger partial charge in [-0.2, -0.15) is 4.31 Å². The second-order valence-electron chi connectivity index (χ2n) is 6.88. The minimum Gasteiger partial charge on any atom is -0.326 e. The minimum atomic E-state index is -3.80. The summed E-state index contributed by atoms with van der Waals surface area (Å²) in [5.41, 5.74) is 1.14. The second kappa shape index (κ2) is 8.61. The average Bonchev–Trinajstić information content (AvgIpc) is 2.70. The highest BCUT2D eigenvalue weighted by molar-refractivity contribution is 7.89. The molecule has 1 N–H and O–H groups in total. The van der Waals surface area contributed by atoms with Crippen LogP contribution in [-0.2, 0) is 14.8 Å². The minimum absolute atomic E-state index is 0.0566. The Morgan fingerprint density at radius 1 is 1.10 bits per heavy atom. The van der Waals surface area contributed by atoms with E-state index in [9.17, 15) is 22.4 Å². The lowest BCUT2D eigenvalue weighted by Gasteiger charge is -2.30. The Hall–Kier alpha value is -2.29. The van der Waals surface area contributed by atoms with Gasteiger partial charge in [0.2, 0.25) is 15.9 Å². The maximum atomic E-state index is 13.3. The molecule has 9 heteroatoms. The van der Waals surface area contributed by atoms with Crippen molar-refractivity contribution >= 4 is 39.0 Å². The molecule has 1 aliphatic heterocycles. The van der Waals surface area contributed by atoms with Crippen LogP contribution in [0.5, 0.6) is 0 Å². The molecule has 154 valence electrons. The van der Waals surface area contributed by atoms with Gasteiger partial charge in [-0.15, -0.1) is 0 Å². The summed E-state index contributed by atoms with van der Waals surface area (Å²) in [5, 5.41) is 2.55. The third-order valence-corrected chi connectivity index (χ3v) is 7.10. The summed E-state index contributed by atoms with van der Waals surface area (Å²) in [6, 6.07) is 9.89. The Kier molecular flexibility index (Phi) is 6.36. The lowest BCUT2D eigenvalue weighted by molar-refractivity contribution is -0.120. The number of carbonyl (C=O) groups is 2. The number of nitrogens with zero attached hydrogens (tertiary/aromatic N) is 1. The molecule has 1 aliphatic rings. The third-order valence-electron chi connectivity index (χ3n) is 4.91. The van der Waals surface area contributed by atoms with Crippen molar-refractivity contribution in [3.8, 4) is 0 Å². The molecule has 1 saturated heterocycles. The molecule has 0 unspecified atom stereocenters. The lowest BCUT2D eigenvalue weighted by atomic mass is 9.97. The van der Waals surface area contributed by atoms with Crippen molar-refractivity contribution in [3.05, 3.63) is 58.9 Å². The molecule has 1 amide bonds. The topological polar surface area (TPSA) is 83.6 Å². The van der Waals surface area contributed by atoms with Gasteiger partial charge in [-0.05, 0) is 62.2 Å². The molecular weight excluding hydrogens is 419 g/mol. The first kappa shape index (κ1) is 21.4. The molecule has 0 aliphatic carbocycles. The second-order valence-corrected chi connectivity index (χ2v) is 9.22. The Balaban J connectivity index is 1.61. The molecule has 2 aromatic rings. The fourth-order valence-corrected chi connectivity index (χ4v) is 4.92. The number of ketones is 1. The van der Waals surface area contributed by atoms with Crippen LogP contribution in [0.15, 0.2) is 47.4 Å². The molecule has 0 atom stereocenters. The number of hydrogen-bond acceptors (Lipinski definition) is 4. The third kappa shape index (κ3) is 4.83. The summed E-state index contributed by atoms with van der Waals surface area (Å²) in [4.78, 5) is 23.7. The number of benzene rings is 2. The number of Topliss-reactive ketones (excluding diaryl/α,β-unsaturated/α-hetero) is 1. The van der Waals surface area contributed by atoms with E-state index in [1.54, 1.807) is 24.3 Å². The zero-order chi connectivity index (χ0) is 21.2. The summed E-state index contributed by atoms with van der Waals surface area (Å²) in [5.74, 6) is -1.26. The standard InChI is InChI=1S/C20H20ClFN2O4S/c1-13(25)14-2-4-16(5-3-14)23-20(26)15-8-10-24(11-9-15)29(27,28)17-6-7-19(22)18(21)12-17/h2-7,12,15H,8-11H2,1H3,(H,23,26). The van der Waals surface area contributed by atoms with E-state index >= 15 is 0 Å². The van der Waals surface area contributed by atoms with E-state index < -0.39 is 15.8 Å². The highest BCUT2D eigenvalue weighted by Crippen LogP contribution is 2.27. The van der Waals surface area contributed by atoms with Crippen LogP contribution in [-0.4, -0.2) is 37.5 Å². The van der Waals surface area contributed by atoms with E-state index in [1.807, 2.05) is 0 Å². The van der Waals surface area contributed by atoms with Crippen molar-refractivity contribution < 1.29 is 22.4 Å². The van der Waals surface area contributed by atoms with E-state index in [1.165, 1.54) is 17.3 Å². The molecule has 6 nitrogen and oxygen atoms in total. The lowest BCUT2D eigenvalue weighted by Crippen LogP contribution is -2.41. The van der Waals surface area contributed by atoms with Crippen LogP contribution in [0, 0.1) is 11.7 Å². The van der Waals surface area contributed by atoms with Crippen LogP contribution >= 0.6 is 11.6 Å². The maximum Gasteiger partial charge on any atom is 0.243 e. The SMILES string of the molecule is CC(=O)c1ccc(NC(=O)C2CCN(S(=O)(=O)c3ccc(F)c(Cl)c3)CC2)cc1. The highest BCUT2D eigenvalue weighted by atomic mass is 35.5. The fourth-order valence-electron chi connectivity index (χ4n) is 3.18. The van der Waals surface area contributed by atoms with Crippen LogP contribution < -0.4 is 5.32 Å². The molecule has 0 aromatic heterocycles. The van der Waals surface area contributed by atoms with Gasteiger partial charge in [0.1, 0.15) is 5.82 Å². The molecule has 0 spiro atoms. The molecular formula is C20H20ClFN2O4S. The van der Waals surface area contributed by atoms with E-state index in [2.05, 4.69) is 5.32 Å². The number of piperidine rings is 1. The van der Waals surface area contributed by atoms with Crippen molar-refractivity contribution in [2.45, 2.75) is 24.7 Å². The summed E-state index contributed by atoms with van der Waals surface area (Å²) >= 11 is 5.70. The van der Waals surface area contributed by atoms with Gasteiger partial charge in [0.05, 0.1) is 9.92 Å². The molecule has 2 aromatic carbocycles. The maximum absolute atomic E-state index is 13.3. The number of amides is 1. The van der Waals surface area contributed by atoms with Gasteiger partial charge in [0, 0.05) is 30.3 Å². The number of nitrogens with one attached hydrogen (secondary N) is 1. The van der Waals surface area contributed by atoms with Gasteiger partial charge < -0.3 is 5.32 Å². The van der Waals surface area contributed by atoms with Crippen LogP contribution in [0.3, 0.4) is 0 Å². The van der Waals surface area contributed by atoms with Gasteiger partial charge >= 0.3 is 0 Å². The quantitative estimate of drug-likeness (QED) is 0.721. The largest absolute Gasteiger partial charge is 0.326 e. The first-order valence-corrected chi connectivity index (χ1v) is 10.9. The molecule has 3 rings (SSSR count). The summed E-state index contributed by atoms with van der Waals surface area (Å²) in [6.07, 6.45) is 0.733. The molecule has 1 fully saturated rings. The average molecular weight is 439 g/mol. The Labute approximate surface area is 173 Å². The smallest absolute Gasteiger partial charge is 0.243 e. The highest BCUT2D eigenvalue weighted by Gasteiger charge is 2.32. The first-order valence-electron chi connectivity index (χ1n) is 9.05. The molecule has 0 saturated carbocycles. The van der Waals surface area contributed by atoms with Gasteiger partial charge in [-0.1, -0.05) is 11.6 Å². The predicted octanol–water partition coefficient (Wildman–Crippen LogP) is 3.72. The number of anilines is 1. The van der Waals surface area contributed by atoms with Crippen LogP contribution in [0.2, 0.25) is 5.02 Å². The van der Waals surface area contributed by atoms with E-state index in [0.29, 0.717) is 24.1 Å². The van der Waals surface area contributed by atoms with Crippen molar-refractivity contribution in [1.29, 1.82) is 0 Å². The Morgan fingerprint density at radius 3 is 2.28 bits per heavy atom. The number of carbonyl (C=O) groups excluding carboxylic acids is 2. The van der Waals surface area contributed by atoms with Crippen LogP contribution in [0.4, 0.5) is 10.1 Å². The van der Waals surface area contributed by atoms with Crippen molar-refractivity contribution in [1.82, 2.24) is 4.31 Å². The number of halogens is 2. The van der Waals surface area contributed by atoms with Gasteiger partial charge in [0.25, 0.3) is 0 Å². The van der Waals surface area contributed by atoms with Crippen molar-refractivity contribution in [3.63, 3.8) is 0 Å². The van der Waals surface area contributed by atoms with Gasteiger partial charge in [0.15, 0.2) is 5.78 Å². The van der Waals surface area contributed by atoms with Gasteiger partial charge in [-0.25, -0.2) is 12.8 Å². The molecule has 0 bridgehead atoms. The van der Waals surface area contributed by atoms with E-state index in [0.717, 1.165) is 12.1 Å². The fraction of sp³-hybridized carbons (Fsp3) is 0.300. The predicted molar refractivity (Wildman–Crippen MR) is 108 cm³/mol. The molecule has 29 heavy (non-hydrogen) atoms. The zero-order valence-electron chi connectivity index (χ0n) is 15.7. The summed E-state index contributed by atoms with van der Waals surface area (Å²) in [6.45, 7) is 1.83. The van der Waals surface area contributed by atoms with Crippen molar-refractivity contribution in [2.75, 3.05) is 18.4 Å². The summed E-state index contributed by atoms with van der Waals surface area (Å²) < 4.78 is 40.0. The Morgan fingerprint density at radius 2 is 1.72 bits per heavy atom. The van der Waals surface area contributed by atoms with Crippen LogP contribution in [0.25, 0.3) is 0 Å². The van der Waals surface area contributed by atoms with Crippen molar-refractivity contribution in [2.24, 2.45) is 5.92 Å². The number of rotatable bonds is 5. The number of sulfonamides is 1. The normalized spacial score (nSPS) is 15.8. The van der Waals surface area contributed by atoms with E-state index in [-0.39, 0.29) is 40.6 Å².